The van der Waals surface area contributed by atoms with Gasteiger partial charge in [0.25, 0.3) is 0 Å². The van der Waals surface area contributed by atoms with E-state index in [1.807, 2.05) is 10.7 Å². The first-order valence-electron chi connectivity index (χ1n) is 13.2. The van der Waals surface area contributed by atoms with Gasteiger partial charge in [0, 0.05) is 35.4 Å². The van der Waals surface area contributed by atoms with Crippen molar-refractivity contribution in [1.29, 1.82) is 0 Å². The van der Waals surface area contributed by atoms with Crippen LogP contribution in [0.4, 0.5) is 0 Å². The molecule has 0 bridgehead atoms. The number of fused-ring (bicyclic) bond motifs is 2. The Morgan fingerprint density at radius 1 is 1.11 bits per heavy atom. The number of H-pyrrole nitrogens is 1. The number of aromatic nitrogens is 6. The third-order valence-electron chi connectivity index (χ3n) is 8.22. The summed E-state index contributed by atoms with van der Waals surface area (Å²) < 4.78 is 7.30. The fourth-order valence-electron chi connectivity index (χ4n) is 6.02. The van der Waals surface area contributed by atoms with Crippen LogP contribution >= 0.6 is 0 Å². The normalized spacial score (nSPS) is 18.6. The Labute approximate surface area is 211 Å². The Hall–Kier alpha value is -3.48. The van der Waals surface area contributed by atoms with E-state index >= 15 is 0 Å². The van der Waals surface area contributed by atoms with E-state index in [9.17, 15) is 0 Å². The summed E-state index contributed by atoms with van der Waals surface area (Å²) >= 11 is 0. The van der Waals surface area contributed by atoms with E-state index in [-0.39, 0.29) is 0 Å². The van der Waals surface area contributed by atoms with Crippen molar-refractivity contribution in [1.82, 2.24) is 29.5 Å². The van der Waals surface area contributed by atoms with Crippen molar-refractivity contribution in [3.63, 3.8) is 0 Å². The molecule has 0 unspecified atom stereocenters. The third kappa shape index (κ3) is 4.00. The van der Waals surface area contributed by atoms with Crippen molar-refractivity contribution in [3.05, 3.63) is 65.4 Å². The fourth-order valence-corrected chi connectivity index (χ4v) is 6.02. The summed E-state index contributed by atoms with van der Waals surface area (Å²) in [7, 11) is 0. The standard InChI is InChI=1S/C29H34N6O/c1-17(2)26-27(23-14-35-29(31-15-32-35)19(4)18(23)3)34-25-12-11-24(33-28(25)26)21-8-5-20(6-9-21)7-10-22-13-30-16-36-22/h11-17,20-21,34H,5-10H2,1-4H3. The van der Waals surface area contributed by atoms with Crippen molar-refractivity contribution in [2.24, 2.45) is 5.92 Å². The predicted molar refractivity (Wildman–Crippen MR) is 141 cm³/mol. The molecular weight excluding hydrogens is 448 g/mol. The summed E-state index contributed by atoms with van der Waals surface area (Å²) in [6.45, 7) is 8.82. The van der Waals surface area contributed by atoms with Gasteiger partial charge in [-0.25, -0.2) is 14.5 Å². The molecule has 1 aliphatic rings. The molecule has 0 aromatic carbocycles. The zero-order chi connectivity index (χ0) is 24.8. The summed E-state index contributed by atoms with van der Waals surface area (Å²) in [5.41, 5.74) is 10.4. The van der Waals surface area contributed by atoms with Gasteiger partial charge < -0.3 is 9.40 Å². The maximum Gasteiger partial charge on any atom is 0.180 e. The van der Waals surface area contributed by atoms with Crippen LogP contribution < -0.4 is 0 Å². The predicted octanol–water partition coefficient (Wildman–Crippen LogP) is 6.91. The SMILES string of the molecule is Cc1c(-c2[nH]c3ccc(C4CCC(CCc5cnco5)CC4)nc3c2C(C)C)cn2ncnc2c1C. The lowest BCUT2D eigenvalue weighted by molar-refractivity contribution is 0.302. The molecule has 0 radical (unpaired) electrons. The molecule has 0 amide bonds. The van der Waals surface area contributed by atoms with Gasteiger partial charge in [-0.05, 0) is 81.0 Å². The van der Waals surface area contributed by atoms with Crippen molar-refractivity contribution in [3.8, 4) is 11.3 Å². The van der Waals surface area contributed by atoms with Gasteiger partial charge >= 0.3 is 0 Å². The minimum Gasteiger partial charge on any atom is -0.449 e. The van der Waals surface area contributed by atoms with Gasteiger partial charge in [-0.15, -0.1) is 0 Å². The number of aryl methyl sites for hydroxylation is 2. The monoisotopic (exact) mass is 482 g/mol. The van der Waals surface area contributed by atoms with Gasteiger partial charge in [-0.1, -0.05) is 13.8 Å². The van der Waals surface area contributed by atoms with Crippen LogP contribution in [0, 0.1) is 19.8 Å². The van der Waals surface area contributed by atoms with Gasteiger partial charge in [0.05, 0.1) is 22.9 Å². The quantitative estimate of drug-likeness (QED) is 0.284. The number of nitrogens with one attached hydrogen (secondary N) is 1. The molecule has 5 aromatic heterocycles. The van der Waals surface area contributed by atoms with E-state index in [2.05, 4.69) is 66.1 Å². The van der Waals surface area contributed by atoms with E-state index in [0.717, 1.165) is 46.0 Å². The van der Waals surface area contributed by atoms with E-state index < -0.39 is 0 Å². The van der Waals surface area contributed by atoms with Gasteiger partial charge in [-0.3, -0.25) is 4.98 Å². The molecule has 7 heteroatoms. The summed E-state index contributed by atoms with van der Waals surface area (Å²) in [5.74, 6) is 2.64. The number of pyridine rings is 2. The zero-order valence-corrected chi connectivity index (χ0v) is 21.6. The molecule has 5 heterocycles. The van der Waals surface area contributed by atoms with Crippen LogP contribution in [0.1, 0.15) is 85.9 Å². The number of aromatic amines is 1. The van der Waals surface area contributed by atoms with Crippen LogP contribution in [0.3, 0.4) is 0 Å². The minimum absolute atomic E-state index is 0.342. The molecule has 0 aliphatic heterocycles. The van der Waals surface area contributed by atoms with Gasteiger partial charge in [0.1, 0.15) is 12.1 Å². The molecule has 1 N–H and O–H groups in total. The number of nitrogens with zero attached hydrogens (tertiary/aromatic N) is 5. The van der Waals surface area contributed by atoms with Crippen LogP contribution in [0.25, 0.3) is 27.9 Å². The average molecular weight is 483 g/mol. The Bertz CT molecular complexity index is 1500. The zero-order valence-electron chi connectivity index (χ0n) is 21.6. The molecule has 1 fully saturated rings. The highest BCUT2D eigenvalue weighted by Crippen LogP contribution is 2.40. The van der Waals surface area contributed by atoms with E-state index in [1.165, 1.54) is 60.9 Å². The molecule has 186 valence electrons. The largest absolute Gasteiger partial charge is 0.449 e. The van der Waals surface area contributed by atoms with Gasteiger partial charge in [0.2, 0.25) is 0 Å². The topological polar surface area (TPSA) is 84.9 Å². The fraction of sp³-hybridized carbons (Fsp3) is 0.448. The molecule has 0 atom stereocenters. The van der Waals surface area contributed by atoms with Crippen LogP contribution in [-0.4, -0.2) is 29.5 Å². The third-order valence-corrected chi connectivity index (χ3v) is 8.22. The molecule has 5 aromatic rings. The Morgan fingerprint density at radius 3 is 2.69 bits per heavy atom. The first kappa shape index (κ1) is 23.0. The summed E-state index contributed by atoms with van der Waals surface area (Å²) in [4.78, 5) is 17.5. The van der Waals surface area contributed by atoms with E-state index in [4.69, 9.17) is 9.40 Å². The summed E-state index contributed by atoms with van der Waals surface area (Å²) in [6.07, 6.45) is 14.2. The number of hydrogen-bond acceptors (Lipinski definition) is 5. The second kappa shape index (κ2) is 9.19. The number of oxazole rings is 1. The van der Waals surface area contributed by atoms with Gasteiger partial charge in [0.15, 0.2) is 12.0 Å². The lowest BCUT2D eigenvalue weighted by atomic mass is 9.78. The van der Waals surface area contributed by atoms with Crippen LogP contribution in [0.5, 0.6) is 0 Å². The lowest BCUT2D eigenvalue weighted by Crippen LogP contribution is -2.15. The molecule has 36 heavy (non-hydrogen) atoms. The first-order valence-corrected chi connectivity index (χ1v) is 13.2. The number of rotatable bonds is 6. The lowest BCUT2D eigenvalue weighted by Gasteiger charge is -2.28. The highest BCUT2D eigenvalue weighted by molar-refractivity contribution is 5.89. The van der Waals surface area contributed by atoms with Crippen molar-refractivity contribution >= 4 is 16.7 Å². The Kier molecular flexibility index (Phi) is 5.86. The highest BCUT2D eigenvalue weighted by Gasteiger charge is 2.26. The van der Waals surface area contributed by atoms with Crippen molar-refractivity contribution in [2.75, 3.05) is 0 Å². The van der Waals surface area contributed by atoms with Crippen molar-refractivity contribution in [2.45, 2.75) is 78.1 Å². The maximum atomic E-state index is 5.42. The molecule has 1 aliphatic carbocycles. The van der Waals surface area contributed by atoms with E-state index in [0.29, 0.717) is 11.8 Å². The number of hydrogen-bond donors (Lipinski definition) is 1. The highest BCUT2D eigenvalue weighted by atomic mass is 16.3. The Balaban J connectivity index is 1.29. The van der Waals surface area contributed by atoms with E-state index in [1.54, 1.807) is 6.33 Å². The second-order valence-electron chi connectivity index (χ2n) is 10.7. The molecule has 1 saturated carbocycles. The summed E-state index contributed by atoms with van der Waals surface area (Å²) in [5, 5.41) is 4.41. The van der Waals surface area contributed by atoms with Crippen molar-refractivity contribution < 1.29 is 4.42 Å². The Morgan fingerprint density at radius 2 is 1.94 bits per heavy atom. The molecule has 0 spiro atoms. The maximum absolute atomic E-state index is 5.42. The molecular formula is C29H34N6O. The van der Waals surface area contributed by atoms with Crippen LogP contribution in [-0.2, 0) is 6.42 Å². The first-order chi connectivity index (χ1) is 17.5. The van der Waals surface area contributed by atoms with Crippen LogP contribution in [0.15, 0.2) is 41.7 Å². The van der Waals surface area contributed by atoms with Gasteiger partial charge in [-0.2, -0.15) is 5.10 Å². The summed E-state index contributed by atoms with van der Waals surface area (Å²) in [6, 6.07) is 4.48. The molecule has 0 saturated heterocycles. The smallest absolute Gasteiger partial charge is 0.180 e. The minimum atomic E-state index is 0.342. The molecule has 7 nitrogen and oxygen atoms in total. The molecule has 6 rings (SSSR count). The second-order valence-corrected chi connectivity index (χ2v) is 10.7. The average Bonchev–Trinajstić information content (AvgIpc) is 3.64. The van der Waals surface area contributed by atoms with Crippen LogP contribution in [0.2, 0.25) is 0 Å².